The summed E-state index contributed by atoms with van der Waals surface area (Å²) in [5.74, 6) is 3.62. The third-order valence-electron chi connectivity index (χ3n) is 17.6. The molecule has 2 nitrogen and oxygen atoms in total. The van der Waals surface area contributed by atoms with Crippen molar-refractivity contribution in [3.63, 3.8) is 0 Å². The molecule has 0 radical (unpaired) electrons. The lowest BCUT2D eigenvalue weighted by Crippen LogP contribution is -2.73. The van der Waals surface area contributed by atoms with Crippen LogP contribution in [0.3, 0.4) is 0 Å². The van der Waals surface area contributed by atoms with Crippen molar-refractivity contribution in [2.75, 3.05) is 0 Å². The van der Waals surface area contributed by atoms with Crippen molar-refractivity contribution < 1.29 is 0 Å². The lowest BCUT2D eigenvalue weighted by Gasteiger charge is -2.76. The van der Waals surface area contributed by atoms with E-state index in [1.807, 2.05) is 0 Å². The monoisotopic (exact) mass is 810 g/mol. The Kier molecular flexibility index (Phi) is 6.41. The Morgan fingerprint density at radius 2 is 1.29 bits per heavy atom. The Bertz CT molecular complexity index is 3430. The molecule has 1 aliphatic heterocycles. The van der Waals surface area contributed by atoms with Crippen molar-refractivity contribution >= 4 is 40.3 Å². The van der Waals surface area contributed by atoms with Gasteiger partial charge in [0.2, 0.25) is 0 Å². The molecule has 2 bridgehead atoms. The summed E-state index contributed by atoms with van der Waals surface area (Å²) in [6.07, 6.45) is 5.92. The molecule has 2 aromatic heterocycles. The van der Waals surface area contributed by atoms with E-state index in [1.54, 1.807) is 32.6 Å². The molecule has 3 heterocycles. The summed E-state index contributed by atoms with van der Waals surface area (Å²) in [6, 6.07) is 64.0. The van der Waals surface area contributed by atoms with Gasteiger partial charge in [0.15, 0.2) is 0 Å². The van der Waals surface area contributed by atoms with E-state index in [9.17, 15) is 0 Å². The Morgan fingerprint density at radius 3 is 2.16 bits per heavy atom. The lowest BCUT2D eigenvalue weighted by molar-refractivity contribution is -0.231. The molecule has 0 N–H and O–H groups in total. The number of hydrogen-bond donors (Lipinski definition) is 0. The highest BCUT2D eigenvalue weighted by molar-refractivity contribution is 7.04. The highest BCUT2D eigenvalue weighted by Gasteiger charge is 2.84. The third-order valence-corrected chi connectivity index (χ3v) is 21.2. The van der Waals surface area contributed by atoms with Crippen molar-refractivity contribution in [3.05, 3.63) is 181 Å². The second kappa shape index (κ2) is 11.6. The molecule has 4 saturated carbocycles. The highest BCUT2D eigenvalue weighted by Crippen LogP contribution is 2.89. The molecule has 15 rings (SSSR count). The third kappa shape index (κ3) is 3.94. The molecule has 5 aliphatic carbocycles. The van der Waals surface area contributed by atoms with E-state index in [2.05, 4.69) is 188 Å². The van der Waals surface area contributed by atoms with Gasteiger partial charge in [-0.2, -0.15) is 0 Å². The molecule has 4 fully saturated rings. The predicted octanol–water partition coefficient (Wildman–Crippen LogP) is 13.3. The van der Waals surface area contributed by atoms with E-state index < -0.39 is 8.07 Å². The van der Waals surface area contributed by atoms with Gasteiger partial charge in [0, 0.05) is 33.0 Å². The van der Waals surface area contributed by atoms with Crippen molar-refractivity contribution in [3.8, 4) is 61.6 Å². The van der Waals surface area contributed by atoms with Gasteiger partial charge in [0.25, 0.3) is 0 Å². The number of fused-ring (bicyclic) bond motifs is 15. The van der Waals surface area contributed by atoms with Crippen molar-refractivity contribution in [1.29, 1.82) is 0 Å². The van der Waals surface area contributed by atoms with E-state index in [1.165, 1.54) is 81.0 Å². The van der Waals surface area contributed by atoms with Crippen LogP contribution in [0.25, 0.3) is 83.4 Å². The molecular formula is C59H46N2Si. The van der Waals surface area contributed by atoms with Gasteiger partial charge >= 0.3 is 0 Å². The van der Waals surface area contributed by atoms with Crippen LogP contribution in [-0.2, 0) is 5.41 Å². The SMILES string of the molecule is C[Si]1(C)c2cccc(-c3cccc(-c4ccc5c(c4)c4ccc(-c6ccccc6)cc4n5-c4ccccc4)n3)c2-c2ccc3c(c21)-c1ccccc1C31C2CC3CC4CC1C42C3. The van der Waals surface area contributed by atoms with Gasteiger partial charge in [0.05, 0.1) is 22.4 Å². The number of benzene rings is 7. The molecule has 6 unspecified atom stereocenters. The van der Waals surface area contributed by atoms with Gasteiger partial charge in [0.1, 0.15) is 8.07 Å². The van der Waals surface area contributed by atoms with Crippen LogP contribution < -0.4 is 10.4 Å². The normalized spacial score (nSPS) is 25.9. The van der Waals surface area contributed by atoms with Crippen LogP contribution in [0, 0.1) is 29.1 Å². The highest BCUT2D eigenvalue weighted by atomic mass is 28.3. The maximum absolute atomic E-state index is 5.55. The molecule has 3 heteroatoms. The Morgan fingerprint density at radius 1 is 0.532 bits per heavy atom. The zero-order chi connectivity index (χ0) is 40.7. The molecule has 62 heavy (non-hydrogen) atoms. The fourth-order valence-electron chi connectivity index (χ4n) is 15.6. The summed E-state index contributed by atoms with van der Waals surface area (Å²) in [5.41, 5.74) is 20.8. The fraction of sp³-hybridized carbons (Fsp3) is 0.203. The number of nitrogens with zero attached hydrogens (tertiary/aromatic N) is 2. The van der Waals surface area contributed by atoms with Gasteiger partial charge in [-0.1, -0.05) is 140 Å². The Labute approximate surface area is 364 Å². The molecule has 0 saturated heterocycles. The van der Waals surface area contributed by atoms with Crippen LogP contribution in [0.2, 0.25) is 13.1 Å². The molecule has 7 aromatic carbocycles. The largest absolute Gasteiger partial charge is 0.309 e. The topological polar surface area (TPSA) is 17.8 Å². The van der Waals surface area contributed by atoms with Gasteiger partial charge in [-0.25, -0.2) is 4.98 Å². The van der Waals surface area contributed by atoms with Crippen LogP contribution in [0.5, 0.6) is 0 Å². The average Bonchev–Trinajstić information content (AvgIpc) is 4.08. The standard InChI is InChI=1S/C59H46N2Si/c1-62(2)52-22-11-18-43(55(52)44-26-27-47-56(57(44)62)42-17-9-10-19-46(42)59(47)53-30-35-29-39-33-54(59)58(39,53)34-35)49-21-12-20-48(60-49)38-24-28-50-45(31-38)41-25-23-37(36-13-5-3-6-14-36)32-51(41)61(50)40-15-7-4-8-16-40/h3-28,31-32,35,39,53-54H,29-30,33-34H2,1-2H3. The number of aromatic nitrogens is 2. The first-order chi connectivity index (χ1) is 30.5. The first kappa shape index (κ1) is 34.3. The fourth-order valence-corrected chi connectivity index (χ4v) is 19.0. The maximum Gasteiger partial charge on any atom is 0.114 e. The zero-order valence-corrected chi connectivity index (χ0v) is 36.2. The predicted molar refractivity (Wildman–Crippen MR) is 258 cm³/mol. The first-order valence-corrected chi connectivity index (χ1v) is 26.0. The van der Waals surface area contributed by atoms with Crippen LogP contribution in [0.4, 0.5) is 0 Å². The van der Waals surface area contributed by atoms with Crippen molar-refractivity contribution in [1.82, 2.24) is 9.55 Å². The second-order valence-corrected chi connectivity index (χ2v) is 24.6. The summed E-state index contributed by atoms with van der Waals surface area (Å²) in [5, 5.41) is 5.72. The van der Waals surface area contributed by atoms with Crippen LogP contribution >= 0.6 is 0 Å². The van der Waals surface area contributed by atoms with Gasteiger partial charge < -0.3 is 4.57 Å². The van der Waals surface area contributed by atoms with E-state index in [0.717, 1.165) is 40.6 Å². The summed E-state index contributed by atoms with van der Waals surface area (Å²) < 4.78 is 2.42. The molecule has 0 amide bonds. The van der Waals surface area contributed by atoms with Crippen LogP contribution in [0.15, 0.2) is 170 Å². The minimum Gasteiger partial charge on any atom is -0.309 e. The molecule has 9 aromatic rings. The molecule has 2 spiro atoms. The minimum absolute atomic E-state index is 0.225. The van der Waals surface area contributed by atoms with Gasteiger partial charge in [-0.05, 0) is 152 Å². The quantitative estimate of drug-likeness (QED) is 0.162. The second-order valence-electron chi connectivity index (χ2n) is 20.3. The van der Waals surface area contributed by atoms with Crippen molar-refractivity contribution in [2.24, 2.45) is 29.1 Å². The molecular weight excluding hydrogens is 765 g/mol. The van der Waals surface area contributed by atoms with Crippen molar-refractivity contribution in [2.45, 2.75) is 44.2 Å². The number of pyridine rings is 1. The minimum atomic E-state index is -2.10. The van der Waals surface area contributed by atoms with E-state index >= 15 is 0 Å². The van der Waals surface area contributed by atoms with E-state index in [-0.39, 0.29) is 5.41 Å². The van der Waals surface area contributed by atoms with Gasteiger partial charge in [-0.15, -0.1) is 0 Å². The Balaban J connectivity index is 0.875. The molecule has 6 atom stereocenters. The summed E-state index contributed by atoms with van der Waals surface area (Å²) in [6.45, 7) is 5.25. The first-order valence-electron chi connectivity index (χ1n) is 23.0. The summed E-state index contributed by atoms with van der Waals surface area (Å²) in [7, 11) is -2.10. The average molecular weight is 811 g/mol. The van der Waals surface area contributed by atoms with Crippen LogP contribution in [-0.4, -0.2) is 17.6 Å². The summed E-state index contributed by atoms with van der Waals surface area (Å²) in [4.78, 5) is 5.55. The summed E-state index contributed by atoms with van der Waals surface area (Å²) >= 11 is 0. The van der Waals surface area contributed by atoms with Gasteiger partial charge in [-0.3, -0.25) is 0 Å². The maximum atomic E-state index is 5.55. The lowest BCUT2D eigenvalue weighted by atomic mass is 9.27. The smallest absolute Gasteiger partial charge is 0.114 e. The molecule has 6 aliphatic rings. The van der Waals surface area contributed by atoms with E-state index in [4.69, 9.17) is 4.98 Å². The number of hydrogen-bond acceptors (Lipinski definition) is 1. The van der Waals surface area contributed by atoms with Crippen LogP contribution in [0.1, 0.15) is 36.8 Å². The van der Waals surface area contributed by atoms with E-state index in [0.29, 0.717) is 5.41 Å². The number of para-hydroxylation sites is 1. The zero-order valence-electron chi connectivity index (χ0n) is 35.2. The number of rotatable bonds is 4. The Hall–Kier alpha value is -6.29. The molecule has 296 valence electrons.